The smallest absolute Gasteiger partial charge is 0.261 e. The summed E-state index contributed by atoms with van der Waals surface area (Å²) < 4.78 is 6.15. The minimum atomic E-state index is -0.488. The molecule has 172 valence electrons. The van der Waals surface area contributed by atoms with Crippen LogP contribution in [-0.4, -0.2) is 24.0 Å². The molecule has 0 fully saturated rings. The Morgan fingerprint density at radius 1 is 1.31 bits per heavy atom. The summed E-state index contributed by atoms with van der Waals surface area (Å²) in [4.78, 5) is 26.3. The van der Waals surface area contributed by atoms with E-state index in [0.717, 1.165) is 39.7 Å². The van der Waals surface area contributed by atoms with Crippen molar-refractivity contribution in [3.05, 3.63) is 43.7 Å². The number of rotatable bonds is 4. The molecule has 0 saturated heterocycles. The summed E-state index contributed by atoms with van der Waals surface area (Å²) in [5.41, 5.74) is 8.56. The number of fused-ring (bicyclic) bond motifs is 1. The normalized spacial score (nSPS) is 15.6. The fourth-order valence-corrected chi connectivity index (χ4v) is 6.32. The first-order chi connectivity index (χ1) is 14.9. The average molecular weight is 539 g/mol. The number of methoxy groups -OCH3 is 1. The van der Waals surface area contributed by atoms with Crippen LogP contribution in [0.4, 0.5) is 5.00 Å². The first-order valence-corrected chi connectivity index (χ1v) is 12.3. The molecule has 6 nitrogen and oxygen atoms in total. The highest BCUT2D eigenvalue weighted by atomic mass is 79.9. The summed E-state index contributed by atoms with van der Waals surface area (Å²) in [6.07, 6.45) is 2.72. The van der Waals surface area contributed by atoms with Crippen LogP contribution in [0.5, 0.6) is 5.75 Å². The largest absolute Gasteiger partial charge is 0.496 e. The molecule has 9 heteroatoms. The van der Waals surface area contributed by atoms with Crippen LogP contribution >= 0.6 is 39.5 Å². The van der Waals surface area contributed by atoms with Crippen molar-refractivity contribution >= 4 is 61.4 Å². The van der Waals surface area contributed by atoms with E-state index in [4.69, 9.17) is 22.7 Å². The third-order valence-electron chi connectivity index (χ3n) is 5.88. The number of aryl methyl sites for hydroxylation is 1. The van der Waals surface area contributed by atoms with E-state index in [1.54, 1.807) is 6.07 Å². The lowest BCUT2D eigenvalue weighted by Crippen LogP contribution is -2.34. The predicted octanol–water partition coefficient (Wildman–Crippen LogP) is 5.20. The van der Waals surface area contributed by atoms with Gasteiger partial charge in [-0.2, -0.15) is 0 Å². The molecule has 2 amide bonds. The molecule has 0 radical (unpaired) electrons. The van der Waals surface area contributed by atoms with Crippen molar-refractivity contribution in [2.75, 3.05) is 12.4 Å². The van der Waals surface area contributed by atoms with Gasteiger partial charge in [0.1, 0.15) is 10.8 Å². The van der Waals surface area contributed by atoms with Crippen LogP contribution in [0.25, 0.3) is 0 Å². The Morgan fingerprint density at radius 3 is 2.59 bits per heavy atom. The number of thiocarbonyl (C=S) groups is 1. The Balaban J connectivity index is 1.82. The van der Waals surface area contributed by atoms with Crippen LogP contribution in [0.1, 0.15) is 63.9 Å². The molecule has 2 aromatic rings. The standard InChI is InChI=1S/C23H28BrN3O3S2/c1-11-8-13(24)10-15(18(11)30-5)20(29)26-22(31)27-21-17(19(25)28)14-7-6-12(23(2,3)4)9-16(14)32-21/h8,10,12H,6-7,9H2,1-5H3,(H2,25,28)(H2,26,27,29,31)/t12-/m1/s1. The van der Waals surface area contributed by atoms with Crippen LogP contribution in [0.15, 0.2) is 16.6 Å². The zero-order valence-electron chi connectivity index (χ0n) is 18.8. The summed E-state index contributed by atoms with van der Waals surface area (Å²) >= 11 is 10.3. The van der Waals surface area contributed by atoms with Gasteiger partial charge in [0, 0.05) is 9.35 Å². The monoisotopic (exact) mass is 537 g/mol. The number of nitrogens with one attached hydrogen (secondary N) is 2. The maximum Gasteiger partial charge on any atom is 0.261 e. The van der Waals surface area contributed by atoms with Gasteiger partial charge in [-0.15, -0.1) is 11.3 Å². The Bertz CT molecular complexity index is 1090. The molecule has 0 bridgehead atoms. The van der Waals surface area contributed by atoms with Gasteiger partial charge in [0.15, 0.2) is 5.11 Å². The molecule has 1 heterocycles. The molecule has 1 aliphatic carbocycles. The maximum atomic E-state index is 12.9. The molecule has 1 atom stereocenters. The topological polar surface area (TPSA) is 93.4 Å². The molecule has 1 aromatic heterocycles. The zero-order valence-corrected chi connectivity index (χ0v) is 22.1. The van der Waals surface area contributed by atoms with Crippen molar-refractivity contribution in [2.24, 2.45) is 17.1 Å². The second kappa shape index (κ2) is 9.49. The second-order valence-corrected chi connectivity index (χ2v) is 11.5. The van der Waals surface area contributed by atoms with Crippen LogP contribution in [0.2, 0.25) is 0 Å². The lowest BCUT2D eigenvalue weighted by Gasteiger charge is -2.33. The Labute approximate surface area is 206 Å². The molecular formula is C23H28BrN3O3S2. The highest BCUT2D eigenvalue weighted by Crippen LogP contribution is 2.44. The molecule has 0 aliphatic heterocycles. The van der Waals surface area contributed by atoms with E-state index in [0.29, 0.717) is 27.8 Å². The van der Waals surface area contributed by atoms with E-state index in [1.165, 1.54) is 18.4 Å². The van der Waals surface area contributed by atoms with Crippen molar-refractivity contribution in [1.29, 1.82) is 0 Å². The number of carbonyl (C=O) groups excluding carboxylic acids is 2. The number of thiophene rings is 1. The van der Waals surface area contributed by atoms with Gasteiger partial charge in [-0.3, -0.25) is 14.9 Å². The number of halogens is 1. The lowest BCUT2D eigenvalue weighted by molar-refractivity contribution is 0.0972. The Kier molecular flexibility index (Phi) is 7.31. The summed E-state index contributed by atoms with van der Waals surface area (Å²) in [6.45, 7) is 8.59. The van der Waals surface area contributed by atoms with Gasteiger partial charge in [0.25, 0.3) is 11.8 Å². The quantitative estimate of drug-likeness (QED) is 0.465. The van der Waals surface area contributed by atoms with E-state index in [-0.39, 0.29) is 10.5 Å². The number of anilines is 1. The van der Waals surface area contributed by atoms with Crippen LogP contribution in [0.3, 0.4) is 0 Å². The maximum absolute atomic E-state index is 12.9. The molecule has 1 aliphatic rings. The number of hydrogen-bond donors (Lipinski definition) is 3. The van der Waals surface area contributed by atoms with Crippen molar-refractivity contribution in [3.63, 3.8) is 0 Å². The molecule has 4 N–H and O–H groups in total. The van der Waals surface area contributed by atoms with Gasteiger partial charge in [-0.1, -0.05) is 36.7 Å². The Hall–Kier alpha value is -1.97. The van der Waals surface area contributed by atoms with E-state index in [9.17, 15) is 9.59 Å². The van der Waals surface area contributed by atoms with Crippen molar-refractivity contribution in [2.45, 2.75) is 47.0 Å². The number of ether oxygens (including phenoxy) is 1. The predicted molar refractivity (Wildman–Crippen MR) is 137 cm³/mol. The highest BCUT2D eigenvalue weighted by molar-refractivity contribution is 9.10. The lowest BCUT2D eigenvalue weighted by atomic mass is 9.72. The number of nitrogens with two attached hydrogens (primary N) is 1. The number of amides is 2. The van der Waals surface area contributed by atoms with E-state index >= 15 is 0 Å². The van der Waals surface area contributed by atoms with Gasteiger partial charge >= 0.3 is 0 Å². The van der Waals surface area contributed by atoms with E-state index in [1.807, 2.05) is 13.0 Å². The SMILES string of the molecule is COc1c(C)cc(Br)cc1C(=O)NC(=S)Nc1sc2c(c1C(N)=O)CC[C@@H](C(C)(C)C)C2. The number of primary amides is 1. The minimum Gasteiger partial charge on any atom is -0.496 e. The van der Waals surface area contributed by atoms with Crippen LogP contribution in [-0.2, 0) is 12.8 Å². The van der Waals surface area contributed by atoms with Crippen molar-refractivity contribution in [1.82, 2.24) is 5.32 Å². The zero-order chi connectivity index (χ0) is 23.8. The fraction of sp³-hybridized carbons (Fsp3) is 0.435. The van der Waals surface area contributed by atoms with Crippen molar-refractivity contribution in [3.8, 4) is 5.75 Å². The summed E-state index contributed by atoms with van der Waals surface area (Å²) in [5.74, 6) is 0.114. The van der Waals surface area contributed by atoms with Gasteiger partial charge in [0.05, 0.1) is 18.2 Å². The number of benzene rings is 1. The van der Waals surface area contributed by atoms with Gasteiger partial charge in [0.2, 0.25) is 0 Å². The number of carbonyl (C=O) groups is 2. The third-order valence-corrected chi connectivity index (χ3v) is 7.71. The third kappa shape index (κ3) is 5.15. The van der Waals surface area contributed by atoms with Gasteiger partial charge < -0.3 is 15.8 Å². The summed E-state index contributed by atoms with van der Waals surface area (Å²) in [6, 6.07) is 3.54. The number of hydrogen-bond acceptors (Lipinski definition) is 5. The molecule has 0 spiro atoms. The van der Waals surface area contributed by atoms with Crippen LogP contribution in [0, 0.1) is 18.3 Å². The minimum absolute atomic E-state index is 0.100. The molecule has 0 saturated carbocycles. The van der Waals surface area contributed by atoms with Gasteiger partial charge in [-0.25, -0.2) is 0 Å². The average Bonchev–Trinajstić information content (AvgIpc) is 3.03. The highest BCUT2D eigenvalue weighted by Gasteiger charge is 2.33. The fourth-order valence-electron chi connectivity index (χ4n) is 4.15. The van der Waals surface area contributed by atoms with Crippen molar-refractivity contribution < 1.29 is 14.3 Å². The second-order valence-electron chi connectivity index (χ2n) is 9.09. The molecule has 0 unspecified atom stereocenters. The van der Waals surface area contributed by atoms with E-state index < -0.39 is 11.8 Å². The van der Waals surface area contributed by atoms with Gasteiger partial charge in [-0.05, 0) is 73.0 Å². The molecule has 3 rings (SSSR count). The molecule has 32 heavy (non-hydrogen) atoms. The Morgan fingerprint density at radius 2 is 2.00 bits per heavy atom. The first kappa shape index (κ1) is 24.7. The molecule has 1 aromatic carbocycles. The summed E-state index contributed by atoms with van der Waals surface area (Å²) in [5, 5.41) is 6.41. The first-order valence-electron chi connectivity index (χ1n) is 10.3. The summed E-state index contributed by atoms with van der Waals surface area (Å²) in [7, 11) is 1.52. The van der Waals surface area contributed by atoms with E-state index in [2.05, 4.69) is 47.3 Å². The molecular weight excluding hydrogens is 510 g/mol. The van der Waals surface area contributed by atoms with Crippen LogP contribution < -0.4 is 21.1 Å².